The summed E-state index contributed by atoms with van der Waals surface area (Å²) in [5.41, 5.74) is 0. The smallest absolute Gasteiger partial charge is 0.0596 e. The molecule has 3 aliphatic rings. The molecule has 3 fully saturated rings. The van der Waals surface area contributed by atoms with Crippen LogP contribution in [0.4, 0.5) is 0 Å². The van der Waals surface area contributed by atoms with E-state index in [9.17, 15) is 5.11 Å². The van der Waals surface area contributed by atoms with Gasteiger partial charge >= 0.3 is 0 Å². The molecule has 1 nitrogen and oxygen atoms in total. The van der Waals surface area contributed by atoms with Gasteiger partial charge in [-0.3, -0.25) is 0 Å². The van der Waals surface area contributed by atoms with Crippen LogP contribution in [0.3, 0.4) is 0 Å². The van der Waals surface area contributed by atoms with Crippen LogP contribution in [0.5, 0.6) is 0 Å². The van der Waals surface area contributed by atoms with E-state index in [2.05, 4.69) is 0 Å². The molecule has 0 bridgehead atoms. The monoisotopic (exact) mass is 264 g/mol. The lowest BCUT2D eigenvalue weighted by Gasteiger charge is -2.42. The zero-order valence-electron chi connectivity index (χ0n) is 12.5. The summed E-state index contributed by atoms with van der Waals surface area (Å²) in [5.74, 6) is 3.26. The first-order chi connectivity index (χ1) is 9.34. The topological polar surface area (TPSA) is 20.2 Å². The Morgan fingerprint density at radius 1 is 0.579 bits per heavy atom. The molecule has 3 rings (SSSR count). The molecule has 3 saturated carbocycles. The highest BCUT2D eigenvalue weighted by molar-refractivity contribution is 4.88. The van der Waals surface area contributed by atoms with Crippen molar-refractivity contribution in [2.75, 3.05) is 0 Å². The number of hydrogen-bond acceptors (Lipinski definition) is 1. The highest BCUT2D eigenvalue weighted by Crippen LogP contribution is 2.45. The van der Waals surface area contributed by atoms with Crippen molar-refractivity contribution in [3.63, 3.8) is 0 Å². The largest absolute Gasteiger partial charge is 0.393 e. The second kappa shape index (κ2) is 6.61. The van der Waals surface area contributed by atoms with E-state index in [0.29, 0.717) is 11.8 Å². The second-order valence-corrected chi connectivity index (χ2v) is 7.62. The van der Waals surface area contributed by atoms with Crippen molar-refractivity contribution in [2.45, 2.75) is 89.6 Å². The first-order valence-corrected chi connectivity index (χ1v) is 9.02. The summed E-state index contributed by atoms with van der Waals surface area (Å²) >= 11 is 0. The summed E-state index contributed by atoms with van der Waals surface area (Å²) in [6.07, 6.45) is 18.1. The Balaban J connectivity index is 1.55. The maximum Gasteiger partial charge on any atom is 0.0596 e. The molecule has 0 aromatic heterocycles. The molecular weight excluding hydrogens is 232 g/mol. The fraction of sp³-hybridized carbons (Fsp3) is 1.00. The molecule has 4 unspecified atom stereocenters. The van der Waals surface area contributed by atoms with Gasteiger partial charge in [-0.2, -0.15) is 0 Å². The Bertz CT molecular complexity index is 267. The van der Waals surface area contributed by atoms with Gasteiger partial charge in [-0.25, -0.2) is 0 Å². The maximum absolute atomic E-state index is 10.8. The molecule has 0 radical (unpaired) electrons. The van der Waals surface area contributed by atoms with Gasteiger partial charge in [0.05, 0.1) is 6.10 Å². The van der Waals surface area contributed by atoms with Crippen LogP contribution in [0.25, 0.3) is 0 Å². The molecule has 0 aliphatic heterocycles. The molecule has 0 saturated heterocycles. The lowest BCUT2D eigenvalue weighted by Crippen LogP contribution is -2.36. The normalized spacial score (nSPS) is 39.3. The van der Waals surface area contributed by atoms with Crippen LogP contribution in [0.1, 0.15) is 83.5 Å². The van der Waals surface area contributed by atoms with Crippen LogP contribution in [-0.2, 0) is 0 Å². The molecule has 19 heavy (non-hydrogen) atoms. The van der Waals surface area contributed by atoms with E-state index in [0.717, 1.165) is 11.8 Å². The summed E-state index contributed by atoms with van der Waals surface area (Å²) in [6.45, 7) is 0. The highest BCUT2D eigenvalue weighted by Gasteiger charge is 2.37. The van der Waals surface area contributed by atoms with Gasteiger partial charge in [-0.1, -0.05) is 51.4 Å². The van der Waals surface area contributed by atoms with Gasteiger partial charge in [0.25, 0.3) is 0 Å². The standard InChI is InChI=1S/C18H32O/c19-18(15-8-3-1-2-4-9-15)17-12-11-14-7-5-6-10-16(14)13-17/h14-19H,1-13H2. The summed E-state index contributed by atoms with van der Waals surface area (Å²) in [4.78, 5) is 0. The summed E-state index contributed by atoms with van der Waals surface area (Å²) in [6, 6.07) is 0. The van der Waals surface area contributed by atoms with Crippen molar-refractivity contribution in [3.8, 4) is 0 Å². The van der Waals surface area contributed by atoms with E-state index in [1.165, 1.54) is 83.5 Å². The van der Waals surface area contributed by atoms with E-state index in [4.69, 9.17) is 0 Å². The van der Waals surface area contributed by atoms with Crippen LogP contribution in [0, 0.1) is 23.7 Å². The summed E-state index contributed by atoms with van der Waals surface area (Å²) in [5, 5.41) is 10.8. The van der Waals surface area contributed by atoms with Crippen molar-refractivity contribution in [3.05, 3.63) is 0 Å². The molecule has 4 atom stereocenters. The number of hydrogen-bond donors (Lipinski definition) is 1. The van der Waals surface area contributed by atoms with Gasteiger partial charge in [-0.05, 0) is 55.8 Å². The zero-order chi connectivity index (χ0) is 13.1. The van der Waals surface area contributed by atoms with E-state index >= 15 is 0 Å². The third-order valence-electron chi connectivity index (χ3n) is 6.45. The molecule has 3 aliphatic carbocycles. The zero-order valence-corrected chi connectivity index (χ0v) is 12.5. The first kappa shape index (κ1) is 13.9. The molecule has 0 aromatic carbocycles. The predicted molar refractivity (Wildman–Crippen MR) is 80.0 cm³/mol. The van der Waals surface area contributed by atoms with Crippen LogP contribution in [0.15, 0.2) is 0 Å². The van der Waals surface area contributed by atoms with Gasteiger partial charge < -0.3 is 5.11 Å². The second-order valence-electron chi connectivity index (χ2n) is 7.62. The van der Waals surface area contributed by atoms with Gasteiger partial charge in [0.2, 0.25) is 0 Å². The third kappa shape index (κ3) is 3.35. The fourth-order valence-corrected chi connectivity index (χ4v) is 5.26. The molecule has 1 heteroatoms. The highest BCUT2D eigenvalue weighted by atomic mass is 16.3. The van der Waals surface area contributed by atoms with Crippen LogP contribution in [-0.4, -0.2) is 11.2 Å². The average Bonchev–Trinajstić information content (AvgIpc) is 2.75. The van der Waals surface area contributed by atoms with Gasteiger partial charge in [0.1, 0.15) is 0 Å². The predicted octanol–water partition coefficient (Wildman–Crippen LogP) is 4.92. The SMILES string of the molecule is OC(C1CCCCCC1)C1CCC2CCCCC2C1. The molecule has 110 valence electrons. The minimum atomic E-state index is 0.0287. The minimum Gasteiger partial charge on any atom is -0.393 e. The Hall–Kier alpha value is -0.0400. The van der Waals surface area contributed by atoms with Crippen molar-refractivity contribution in [1.82, 2.24) is 0 Å². The fourth-order valence-electron chi connectivity index (χ4n) is 5.26. The van der Waals surface area contributed by atoms with Gasteiger partial charge in [0.15, 0.2) is 0 Å². The number of fused-ring (bicyclic) bond motifs is 1. The molecule has 0 spiro atoms. The lowest BCUT2D eigenvalue weighted by atomic mass is 9.65. The molecule has 0 aromatic rings. The van der Waals surface area contributed by atoms with Crippen molar-refractivity contribution >= 4 is 0 Å². The van der Waals surface area contributed by atoms with Crippen LogP contribution < -0.4 is 0 Å². The third-order valence-corrected chi connectivity index (χ3v) is 6.45. The molecule has 1 N–H and O–H groups in total. The first-order valence-electron chi connectivity index (χ1n) is 9.02. The van der Waals surface area contributed by atoms with Crippen molar-refractivity contribution < 1.29 is 5.11 Å². The number of rotatable bonds is 2. The molecule has 0 heterocycles. The van der Waals surface area contributed by atoms with E-state index in [-0.39, 0.29) is 6.10 Å². The van der Waals surface area contributed by atoms with Gasteiger partial charge in [0, 0.05) is 0 Å². The summed E-state index contributed by atoms with van der Waals surface area (Å²) < 4.78 is 0. The van der Waals surface area contributed by atoms with E-state index < -0.39 is 0 Å². The Morgan fingerprint density at radius 3 is 1.95 bits per heavy atom. The Kier molecular flexibility index (Phi) is 4.84. The minimum absolute atomic E-state index is 0.0287. The number of aliphatic hydroxyl groups is 1. The number of aliphatic hydroxyl groups excluding tert-OH is 1. The summed E-state index contributed by atoms with van der Waals surface area (Å²) in [7, 11) is 0. The lowest BCUT2D eigenvalue weighted by molar-refractivity contribution is -0.00330. The van der Waals surface area contributed by atoms with Crippen molar-refractivity contribution in [1.29, 1.82) is 0 Å². The van der Waals surface area contributed by atoms with Crippen LogP contribution >= 0.6 is 0 Å². The quantitative estimate of drug-likeness (QED) is 0.702. The van der Waals surface area contributed by atoms with Crippen molar-refractivity contribution in [2.24, 2.45) is 23.7 Å². The van der Waals surface area contributed by atoms with E-state index in [1.54, 1.807) is 0 Å². The van der Waals surface area contributed by atoms with Crippen LogP contribution in [0.2, 0.25) is 0 Å². The molecule has 0 amide bonds. The molecular formula is C18H32O. The maximum atomic E-state index is 10.8. The Morgan fingerprint density at radius 2 is 1.21 bits per heavy atom. The average molecular weight is 264 g/mol. The van der Waals surface area contributed by atoms with E-state index in [1.807, 2.05) is 0 Å². The van der Waals surface area contributed by atoms with Gasteiger partial charge in [-0.15, -0.1) is 0 Å². The Labute approximate surface area is 119 Å².